The van der Waals surface area contributed by atoms with Crippen molar-refractivity contribution in [1.29, 1.82) is 0 Å². The molecule has 2 N–H and O–H groups in total. The first-order valence-corrected chi connectivity index (χ1v) is 9.56. The second kappa shape index (κ2) is 9.11. The number of terminal acetylenes is 1. The number of nitrogens with one attached hydrogen (secondary N) is 1. The molecule has 1 aliphatic heterocycles. The lowest BCUT2D eigenvalue weighted by Gasteiger charge is -2.31. The van der Waals surface area contributed by atoms with Crippen LogP contribution in [0.1, 0.15) is 51.4 Å². The van der Waals surface area contributed by atoms with Crippen molar-refractivity contribution in [1.82, 2.24) is 10.2 Å². The molecule has 0 spiro atoms. The lowest BCUT2D eigenvalue weighted by molar-refractivity contribution is -0.144. The molecule has 5 atom stereocenters. The fourth-order valence-corrected chi connectivity index (χ4v) is 4.30. The van der Waals surface area contributed by atoms with Crippen LogP contribution in [0, 0.1) is 18.4 Å². The smallest absolute Gasteiger partial charge is 0.320 e. The number of carbonyl (C=O) groups is 2. The van der Waals surface area contributed by atoms with E-state index in [2.05, 4.69) is 11.4 Å². The molecule has 6 nitrogen and oxygen atoms in total. The number of ether oxygens (including phenoxy) is 1. The molecule has 0 radical (unpaired) electrons. The standard InChI is InChI=1S/C22H28N2O4/c1-3-28-20-14-17-10-7-11-19(17)24(20)21(25)15(2)23-18(22(26)27)13-12-16-8-5-4-6-9-16/h1,4-6,8-9,15,17-20,23H,7,10-14H2,2H3,(H,26,27)/t15-,17-,18-,19-,20+/m0/s1/i4D,5D,6D,8D,9D. The zero-order valence-corrected chi connectivity index (χ0v) is 15.8. The lowest BCUT2D eigenvalue weighted by atomic mass is 10.0. The van der Waals surface area contributed by atoms with Crippen LogP contribution in [0.25, 0.3) is 0 Å². The van der Waals surface area contributed by atoms with Gasteiger partial charge in [-0.05, 0) is 44.1 Å². The van der Waals surface area contributed by atoms with Gasteiger partial charge in [0, 0.05) is 12.5 Å². The second-order valence-corrected chi connectivity index (χ2v) is 7.35. The van der Waals surface area contributed by atoms with E-state index in [9.17, 15) is 14.7 Å². The molecule has 3 rings (SSSR count). The highest BCUT2D eigenvalue weighted by Crippen LogP contribution is 2.41. The number of carboxylic acid groups (broad SMARTS) is 1. The van der Waals surface area contributed by atoms with Crippen molar-refractivity contribution >= 4 is 11.9 Å². The molecule has 1 aromatic rings. The Kier molecular flexibility index (Phi) is 4.71. The first-order chi connectivity index (χ1) is 15.6. The van der Waals surface area contributed by atoms with Crippen LogP contribution in [-0.4, -0.2) is 46.2 Å². The Hall–Kier alpha value is -2.52. The number of amides is 1. The maximum atomic E-state index is 13.2. The fraction of sp³-hybridized carbons (Fsp3) is 0.545. The molecule has 1 saturated carbocycles. The third-order valence-corrected chi connectivity index (χ3v) is 5.60. The molecule has 28 heavy (non-hydrogen) atoms. The highest BCUT2D eigenvalue weighted by atomic mass is 16.5. The van der Waals surface area contributed by atoms with Crippen molar-refractivity contribution in [2.75, 3.05) is 0 Å². The van der Waals surface area contributed by atoms with Gasteiger partial charge in [-0.25, -0.2) is 0 Å². The minimum absolute atomic E-state index is 0.0226. The van der Waals surface area contributed by atoms with Gasteiger partial charge in [-0.2, -0.15) is 0 Å². The van der Waals surface area contributed by atoms with Crippen molar-refractivity contribution in [2.45, 2.75) is 69.8 Å². The van der Waals surface area contributed by atoms with E-state index in [1.54, 1.807) is 11.8 Å². The molecule has 0 unspecified atom stereocenters. The van der Waals surface area contributed by atoms with Gasteiger partial charge in [0.05, 0.1) is 12.9 Å². The summed E-state index contributed by atoms with van der Waals surface area (Å²) in [5, 5.41) is 12.5. The molecule has 0 bridgehead atoms. The average Bonchev–Trinajstić information content (AvgIpc) is 3.35. The molecular formula is C22H28N2O4. The summed E-state index contributed by atoms with van der Waals surface area (Å²) in [6.07, 6.45) is 10.3. The minimum atomic E-state index is -1.20. The summed E-state index contributed by atoms with van der Waals surface area (Å²) in [5.74, 6) is -1.17. The Morgan fingerprint density at radius 3 is 2.86 bits per heavy atom. The number of fused-ring (bicyclic) bond motifs is 1. The van der Waals surface area contributed by atoms with Crippen LogP contribution in [0.4, 0.5) is 0 Å². The highest BCUT2D eigenvalue weighted by molar-refractivity contribution is 5.83. The van der Waals surface area contributed by atoms with Crippen molar-refractivity contribution in [3.8, 4) is 12.5 Å². The van der Waals surface area contributed by atoms with E-state index in [0.29, 0.717) is 12.3 Å². The van der Waals surface area contributed by atoms with Gasteiger partial charge in [0.2, 0.25) is 5.91 Å². The molecule has 6 heteroatoms. The second-order valence-electron chi connectivity index (χ2n) is 7.35. The van der Waals surface area contributed by atoms with Gasteiger partial charge < -0.3 is 14.7 Å². The van der Waals surface area contributed by atoms with Crippen molar-refractivity contribution < 1.29 is 26.3 Å². The molecule has 2 fully saturated rings. The third kappa shape index (κ3) is 4.48. The molecule has 1 aromatic carbocycles. The number of rotatable bonds is 8. The van der Waals surface area contributed by atoms with Gasteiger partial charge in [-0.1, -0.05) is 43.1 Å². The summed E-state index contributed by atoms with van der Waals surface area (Å²) in [4.78, 5) is 26.7. The third-order valence-electron chi connectivity index (χ3n) is 5.60. The summed E-state index contributed by atoms with van der Waals surface area (Å²) >= 11 is 0. The normalized spacial score (nSPS) is 28.1. The molecule has 2 aliphatic rings. The van der Waals surface area contributed by atoms with Crippen LogP contribution in [0.2, 0.25) is 0 Å². The van der Waals surface area contributed by atoms with Gasteiger partial charge in [-0.15, -0.1) is 0 Å². The summed E-state index contributed by atoms with van der Waals surface area (Å²) in [6, 6.07) is -4.11. The molecular weight excluding hydrogens is 356 g/mol. The van der Waals surface area contributed by atoms with Gasteiger partial charge in [0.25, 0.3) is 0 Å². The predicted octanol–water partition coefficient (Wildman–Crippen LogP) is 2.38. The van der Waals surface area contributed by atoms with E-state index in [1.165, 1.54) is 0 Å². The van der Waals surface area contributed by atoms with E-state index < -0.39 is 42.4 Å². The minimum Gasteiger partial charge on any atom is -0.480 e. The first-order valence-electron chi connectivity index (χ1n) is 12.1. The predicted molar refractivity (Wildman–Crippen MR) is 105 cm³/mol. The number of aliphatic carboxylic acids is 1. The monoisotopic (exact) mass is 389 g/mol. The van der Waals surface area contributed by atoms with Crippen LogP contribution in [0.15, 0.2) is 30.2 Å². The lowest BCUT2D eigenvalue weighted by Crippen LogP contribution is -2.54. The Morgan fingerprint density at radius 1 is 1.43 bits per heavy atom. The Balaban J connectivity index is 1.72. The maximum Gasteiger partial charge on any atom is 0.320 e. The quantitative estimate of drug-likeness (QED) is 0.668. The number of hydrogen-bond acceptors (Lipinski definition) is 4. The summed E-state index contributed by atoms with van der Waals surface area (Å²) in [5.41, 5.74) is 0.0452. The molecule has 1 saturated heterocycles. The molecule has 0 aromatic heterocycles. The number of hydrogen-bond donors (Lipinski definition) is 2. The van der Waals surface area contributed by atoms with Crippen molar-refractivity contribution in [3.05, 3.63) is 35.8 Å². The number of benzene rings is 1. The Bertz CT molecular complexity index is 954. The van der Waals surface area contributed by atoms with Crippen LogP contribution in [0.3, 0.4) is 0 Å². The molecule has 1 heterocycles. The zero-order valence-electron chi connectivity index (χ0n) is 20.8. The van der Waals surface area contributed by atoms with Crippen LogP contribution in [0.5, 0.6) is 0 Å². The largest absolute Gasteiger partial charge is 0.480 e. The summed E-state index contributed by atoms with van der Waals surface area (Å²) < 4.78 is 44.6. The Morgan fingerprint density at radius 2 is 2.18 bits per heavy atom. The first kappa shape index (κ1) is 14.5. The summed E-state index contributed by atoms with van der Waals surface area (Å²) in [7, 11) is 0. The van der Waals surface area contributed by atoms with Gasteiger partial charge in [0.15, 0.2) is 6.23 Å². The van der Waals surface area contributed by atoms with Crippen LogP contribution >= 0.6 is 0 Å². The maximum absolute atomic E-state index is 13.2. The highest BCUT2D eigenvalue weighted by Gasteiger charge is 2.48. The van der Waals surface area contributed by atoms with Crippen molar-refractivity contribution in [3.63, 3.8) is 0 Å². The van der Waals surface area contributed by atoms with Gasteiger partial charge >= 0.3 is 5.97 Å². The number of carbonyl (C=O) groups excluding carboxylic acids is 1. The van der Waals surface area contributed by atoms with Crippen LogP contribution < -0.4 is 5.32 Å². The number of carboxylic acids is 1. The fourth-order valence-electron chi connectivity index (χ4n) is 4.30. The number of nitrogens with zero attached hydrogens (tertiary/aromatic N) is 1. The average molecular weight is 390 g/mol. The van der Waals surface area contributed by atoms with E-state index in [1.807, 2.05) is 0 Å². The van der Waals surface area contributed by atoms with E-state index in [0.717, 1.165) is 19.3 Å². The van der Waals surface area contributed by atoms with Crippen LogP contribution in [-0.2, 0) is 20.7 Å². The van der Waals surface area contributed by atoms with E-state index >= 15 is 0 Å². The Labute approximate surface area is 173 Å². The van der Waals surface area contributed by atoms with Gasteiger partial charge in [-0.3, -0.25) is 14.9 Å². The van der Waals surface area contributed by atoms with Crippen molar-refractivity contribution in [2.24, 2.45) is 5.92 Å². The van der Waals surface area contributed by atoms with E-state index in [-0.39, 0.29) is 42.4 Å². The molecule has 1 aliphatic carbocycles. The molecule has 1 amide bonds. The summed E-state index contributed by atoms with van der Waals surface area (Å²) in [6.45, 7) is 1.58. The molecule has 150 valence electrons. The number of likely N-dealkylation sites (tertiary alicyclic amines) is 1. The zero-order chi connectivity index (χ0) is 24.4. The topological polar surface area (TPSA) is 78.9 Å². The van der Waals surface area contributed by atoms with Gasteiger partial charge in [0.1, 0.15) is 12.1 Å². The SMILES string of the molecule is [2H]c1c([2H])c([2H])c(CC[C@H](N[C@@H](C)C(=O)N2[C@H](OC#C)C[C@@H]3CCC[C@@H]32)C(=O)O)c([2H])c1[2H]. The van der Waals surface area contributed by atoms with E-state index in [4.69, 9.17) is 18.0 Å².